The van der Waals surface area contributed by atoms with Crippen molar-refractivity contribution in [3.8, 4) is 0 Å². The van der Waals surface area contributed by atoms with Crippen molar-refractivity contribution in [2.75, 3.05) is 5.32 Å². The Kier molecular flexibility index (Phi) is 4.55. The van der Waals surface area contributed by atoms with Crippen LogP contribution in [0, 0.1) is 6.92 Å². The standard InChI is InChI=1S/C16H21NO3/c1-3-4-11(18)8-12(19)9-14-13-7-10(2)5-6-15(13)17-16(14)20/h5-7,11,14,18H,3-4,8-9H2,1-2H3,(H,17,20)/t11-,14-/m1/s1. The number of nitrogens with one attached hydrogen (secondary N) is 1. The summed E-state index contributed by atoms with van der Waals surface area (Å²) in [6, 6.07) is 5.76. The third-order valence-electron chi connectivity index (χ3n) is 3.67. The molecule has 1 aliphatic heterocycles. The predicted octanol–water partition coefficient (Wildman–Crippen LogP) is 2.54. The first-order valence-corrected chi connectivity index (χ1v) is 7.12. The Bertz CT molecular complexity index is 524. The summed E-state index contributed by atoms with van der Waals surface area (Å²) in [6.45, 7) is 3.93. The minimum atomic E-state index is -0.589. The molecule has 2 atom stereocenters. The third-order valence-corrected chi connectivity index (χ3v) is 3.67. The number of carbonyl (C=O) groups excluding carboxylic acids is 2. The molecular weight excluding hydrogens is 254 g/mol. The van der Waals surface area contributed by atoms with E-state index < -0.39 is 12.0 Å². The van der Waals surface area contributed by atoms with Gasteiger partial charge in [0.15, 0.2) is 0 Å². The van der Waals surface area contributed by atoms with Gasteiger partial charge >= 0.3 is 0 Å². The van der Waals surface area contributed by atoms with Crippen LogP contribution >= 0.6 is 0 Å². The normalized spacial score (nSPS) is 18.6. The van der Waals surface area contributed by atoms with Crippen LogP contribution in [0.5, 0.6) is 0 Å². The first kappa shape index (κ1) is 14.7. The number of carbonyl (C=O) groups is 2. The Morgan fingerprint density at radius 3 is 2.90 bits per heavy atom. The molecule has 4 nitrogen and oxygen atoms in total. The quantitative estimate of drug-likeness (QED) is 0.838. The van der Waals surface area contributed by atoms with E-state index in [0.29, 0.717) is 6.42 Å². The molecule has 1 aromatic rings. The van der Waals surface area contributed by atoms with E-state index >= 15 is 0 Å². The van der Waals surface area contributed by atoms with Crippen molar-refractivity contribution in [2.24, 2.45) is 0 Å². The summed E-state index contributed by atoms with van der Waals surface area (Å²) >= 11 is 0. The van der Waals surface area contributed by atoms with Gasteiger partial charge in [-0.05, 0) is 25.0 Å². The SMILES string of the molecule is CCC[C@@H](O)CC(=O)C[C@H]1C(=O)Nc2ccc(C)cc21. The summed E-state index contributed by atoms with van der Waals surface area (Å²) in [5, 5.41) is 12.5. The average molecular weight is 275 g/mol. The number of aliphatic hydroxyl groups excluding tert-OH is 1. The average Bonchev–Trinajstić information content (AvgIpc) is 2.66. The van der Waals surface area contributed by atoms with Crippen LogP contribution in [0.1, 0.15) is 49.7 Å². The van der Waals surface area contributed by atoms with Crippen molar-refractivity contribution in [3.05, 3.63) is 29.3 Å². The van der Waals surface area contributed by atoms with E-state index in [9.17, 15) is 14.7 Å². The summed E-state index contributed by atoms with van der Waals surface area (Å²) in [7, 11) is 0. The van der Waals surface area contributed by atoms with Crippen LogP contribution in [-0.2, 0) is 9.59 Å². The van der Waals surface area contributed by atoms with Gasteiger partial charge in [0.25, 0.3) is 0 Å². The number of aliphatic hydroxyl groups is 1. The van der Waals surface area contributed by atoms with Crippen molar-refractivity contribution in [1.82, 2.24) is 0 Å². The van der Waals surface area contributed by atoms with E-state index in [4.69, 9.17) is 0 Å². The van der Waals surface area contributed by atoms with Gasteiger partial charge < -0.3 is 10.4 Å². The molecule has 0 spiro atoms. The number of fused-ring (bicyclic) bond motifs is 1. The van der Waals surface area contributed by atoms with Crippen LogP contribution < -0.4 is 5.32 Å². The van der Waals surface area contributed by atoms with E-state index in [-0.39, 0.29) is 24.5 Å². The monoisotopic (exact) mass is 275 g/mol. The van der Waals surface area contributed by atoms with E-state index in [1.165, 1.54) is 0 Å². The van der Waals surface area contributed by atoms with Crippen LogP contribution in [0.3, 0.4) is 0 Å². The lowest BCUT2D eigenvalue weighted by molar-refractivity contribution is -0.125. The lowest BCUT2D eigenvalue weighted by atomic mass is 9.92. The van der Waals surface area contributed by atoms with E-state index in [2.05, 4.69) is 5.32 Å². The summed E-state index contributed by atoms with van der Waals surface area (Å²) in [5.41, 5.74) is 2.77. The highest BCUT2D eigenvalue weighted by atomic mass is 16.3. The number of hydrogen-bond acceptors (Lipinski definition) is 3. The van der Waals surface area contributed by atoms with Crippen LogP contribution in [0.2, 0.25) is 0 Å². The summed E-state index contributed by atoms with van der Waals surface area (Å²) in [4.78, 5) is 23.9. The zero-order valence-electron chi connectivity index (χ0n) is 12.0. The smallest absolute Gasteiger partial charge is 0.232 e. The summed E-state index contributed by atoms with van der Waals surface area (Å²) < 4.78 is 0. The van der Waals surface area contributed by atoms with Gasteiger partial charge in [0.05, 0.1) is 12.0 Å². The van der Waals surface area contributed by atoms with Crippen LogP contribution in [-0.4, -0.2) is 22.9 Å². The number of rotatable bonds is 6. The van der Waals surface area contributed by atoms with Gasteiger partial charge in [-0.15, -0.1) is 0 Å². The Morgan fingerprint density at radius 1 is 1.45 bits per heavy atom. The first-order chi connectivity index (χ1) is 9.51. The number of aryl methyl sites for hydroxylation is 1. The molecule has 1 heterocycles. The van der Waals surface area contributed by atoms with Gasteiger partial charge in [0, 0.05) is 18.5 Å². The molecule has 1 amide bonds. The van der Waals surface area contributed by atoms with Crippen molar-refractivity contribution >= 4 is 17.4 Å². The molecule has 2 rings (SSSR count). The summed E-state index contributed by atoms with van der Waals surface area (Å²) in [5.74, 6) is -0.587. The number of benzene rings is 1. The van der Waals surface area contributed by atoms with E-state index in [1.807, 2.05) is 32.0 Å². The predicted molar refractivity (Wildman–Crippen MR) is 77.7 cm³/mol. The number of hydrogen-bond donors (Lipinski definition) is 2. The number of Topliss-reactive ketones (excluding diaryl/α,β-unsaturated/α-hetero) is 1. The highest BCUT2D eigenvalue weighted by molar-refractivity contribution is 6.05. The molecule has 0 aliphatic carbocycles. The maximum atomic E-state index is 12.0. The van der Waals surface area contributed by atoms with Gasteiger partial charge in [0.1, 0.15) is 5.78 Å². The first-order valence-electron chi connectivity index (χ1n) is 7.12. The fourth-order valence-electron chi connectivity index (χ4n) is 2.66. The molecule has 1 aliphatic rings. The zero-order valence-corrected chi connectivity index (χ0v) is 12.0. The fraction of sp³-hybridized carbons (Fsp3) is 0.500. The van der Waals surface area contributed by atoms with E-state index in [0.717, 1.165) is 23.2 Å². The molecule has 1 aromatic carbocycles. The number of amides is 1. The van der Waals surface area contributed by atoms with Crippen molar-refractivity contribution in [1.29, 1.82) is 0 Å². The van der Waals surface area contributed by atoms with Crippen molar-refractivity contribution in [3.63, 3.8) is 0 Å². The highest BCUT2D eigenvalue weighted by Crippen LogP contribution is 2.35. The number of anilines is 1. The molecule has 0 bridgehead atoms. The van der Waals surface area contributed by atoms with Gasteiger partial charge in [-0.25, -0.2) is 0 Å². The van der Waals surface area contributed by atoms with Gasteiger partial charge in [-0.2, -0.15) is 0 Å². The maximum Gasteiger partial charge on any atom is 0.232 e. The molecule has 4 heteroatoms. The minimum absolute atomic E-state index is 0.0551. The van der Waals surface area contributed by atoms with Gasteiger partial charge in [-0.1, -0.05) is 31.0 Å². The van der Waals surface area contributed by atoms with Crippen LogP contribution in [0.25, 0.3) is 0 Å². The molecular formula is C16H21NO3. The second kappa shape index (κ2) is 6.18. The molecule has 0 saturated heterocycles. The third kappa shape index (κ3) is 3.25. The molecule has 0 aromatic heterocycles. The Balaban J connectivity index is 2.05. The molecule has 2 N–H and O–H groups in total. The van der Waals surface area contributed by atoms with E-state index in [1.54, 1.807) is 0 Å². The molecule has 20 heavy (non-hydrogen) atoms. The van der Waals surface area contributed by atoms with Crippen LogP contribution in [0.15, 0.2) is 18.2 Å². The highest BCUT2D eigenvalue weighted by Gasteiger charge is 2.32. The van der Waals surface area contributed by atoms with Crippen LogP contribution in [0.4, 0.5) is 5.69 Å². The maximum absolute atomic E-state index is 12.0. The second-order valence-corrected chi connectivity index (χ2v) is 5.52. The van der Waals surface area contributed by atoms with Crippen molar-refractivity contribution < 1.29 is 14.7 Å². The Labute approximate surface area is 119 Å². The number of ketones is 1. The van der Waals surface area contributed by atoms with Gasteiger partial charge in [0.2, 0.25) is 5.91 Å². The second-order valence-electron chi connectivity index (χ2n) is 5.52. The van der Waals surface area contributed by atoms with Gasteiger partial charge in [-0.3, -0.25) is 9.59 Å². The molecule has 0 radical (unpaired) electrons. The largest absolute Gasteiger partial charge is 0.393 e. The minimum Gasteiger partial charge on any atom is -0.393 e. The Morgan fingerprint density at radius 2 is 2.20 bits per heavy atom. The van der Waals surface area contributed by atoms with Crippen molar-refractivity contribution in [2.45, 2.75) is 51.6 Å². The zero-order chi connectivity index (χ0) is 14.7. The topological polar surface area (TPSA) is 66.4 Å². The molecule has 108 valence electrons. The molecule has 0 saturated carbocycles. The molecule has 0 unspecified atom stereocenters. The Hall–Kier alpha value is -1.68. The lowest BCUT2D eigenvalue weighted by Gasteiger charge is -2.11. The molecule has 0 fully saturated rings. The lowest BCUT2D eigenvalue weighted by Crippen LogP contribution is -2.19. The summed E-state index contributed by atoms with van der Waals surface area (Å²) in [6.07, 6.45) is 1.19. The fourth-order valence-corrected chi connectivity index (χ4v) is 2.66.